The minimum absolute atomic E-state index is 0.00553. The second-order valence-corrected chi connectivity index (χ2v) is 11.5. The molecule has 1 aliphatic heterocycles. The van der Waals surface area contributed by atoms with Crippen molar-refractivity contribution in [1.29, 1.82) is 0 Å². The molecular weight excluding hydrogens is 374 g/mol. The van der Waals surface area contributed by atoms with E-state index >= 15 is 0 Å². The van der Waals surface area contributed by atoms with Crippen molar-refractivity contribution in [1.82, 2.24) is 4.90 Å². The van der Waals surface area contributed by atoms with Crippen molar-refractivity contribution in [2.45, 2.75) is 55.9 Å². The standard InChI is InChI=1S/C18H29NO5S2/c1-5-6-11-19(4)17-12-25(20,21)13-18(17)26(22,23)16-9-7-15(8-10-16)24-14(2)3/h7-10,14,17-18H,5-6,11-13H2,1-4H3/t17-,18-/m0/s1. The predicted molar refractivity (Wildman–Crippen MR) is 103 cm³/mol. The third-order valence-corrected chi connectivity index (χ3v) is 8.76. The molecule has 1 saturated heterocycles. The Morgan fingerprint density at radius 3 is 2.35 bits per heavy atom. The summed E-state index contributed by atoms with van der Waals surface area (Å²) in [6.07, 6.45) is 1.87. The maximum Gasteiger partial charge on any atom is 0.183 e. The third kappa shape index (κ3) is 4.98. The molecule has 0 radical (unpaired) electrons. The van der Waals surface area contributed by atoms with Crippen molar-refractivity contribution >= 4 is 19.7 Å². The van der Waals surface area contributed by atoms with Crippen molar-refractivity contribution in [2.75, 3.05) is 25.1 Å². The van der Waals surface area contributed by atoms with Crippen molar-refractivity contribution < 1.29 is 21.6 Å². The van der Waals surface area contributed by atoms with Crippen molar-refractivity contribution in [3.05, 3.63) is 24.3 Å². The normalized spacial score (nSPS) is 22.8. The Kier molecular flexibility index (Phi) is 6.74. The second-order valence-electron chi connectivity index (χ2n) is 7.20. The summed E-state index contributed by atoms with van der Waals surface area (Å²) in [7, 11) is -5.32. The summed E-state index contributed by atoms with van der Waals surface area (Å²) in [6, 6.07) is 5.73. The average Bonchev–Trinajstić information content (AvgIpc) is 2.89. The van der Waals surface area contributed by atoms with Gasteiger partial charge >= 0.3 is 0 Å². The van der Waals surface area contributed by atoms with Gasteiger partial charge in [0.25, 0.3) is 0 Å². The Morgan fingerprint density at radius 1 is 1.19 bits per heavy atom. The summed E-state index contributed by atoms with van der Waals surface area (Å²) in [5, 5.41) is -0.939. The second kappa shape index (κ2) is 8.27. The van der Waals surface area contributed by atoms with Gasteiger partial charge in [0.05, 0.1) is 27.8 Å². The van der Waals surface area contributed by atoms with Crippen molar-refractivity contribution in [2.24, 2.45) is 0 Å². The lowest BCUT2D eigenvalue weighted by Crippen LogP contribution is -2.44. The number of nitrogens with zero attached hydrogens (tertiary/aromatic N) is 1. The fourth-order valence-electron chi connectivity index (χ4n) is 3.23. The minimum Gasteiger partial charge on any atom is -0.491 e. The zero-order chi connectivity index (χ0) is 19.5. The SMILES string of the molecule is CCCCN(C)[C@H]1CS(=O)(=O)C[C@@H]1S(=O)(=O)c1ccc(OC(C)C)cc1. The fourth-order valence-corrected chi connectivity index (χ4v) is 8.14. The predicted octanol–water partition coefficient (Wildman–Crippen LogP) is 2.14. The summed E-state index contributed by atoms with van der Waals surface area (Å²) in [5.74, 6) is 0.168. The molecule has 1 aromatic carbocycles. The van der Waals surface area contributed by atoms with Crippen LogP contribution in [-0.2, 0) is 19.7 Å². The molecule has 2 rings (SSSR count). The lowest BCUT2D eigenvalue weighted by molar-refractivity contribution is 0.242. The highest BCUT2D eigenvalue weighted by Gasteiger charge is 2.47. The van der Waals surface area contributed by atoms with E-state index in [0.29, 0.717) is 12.3 Å². The van der Waals surface area contributed by atoms with Crippen LogP contribution in [0.3, 0.4) is 0 Å². The molecule has 1 aromatic rings. The Bertz CT molecular complexity index is 800. The van der Waals surface area contributed by atoms with Gasteiger partial charge < -0.3 is 9.64 Å². The average molecular weight is 404 g/mol. The zero-order valence-corrected chi connectivity index (χ0v) is 17.5. The Hall–Kier alpha value is -1.12. The maximum atomic E-state index is 13.1. The van der Waals surface area contributed by atoms with Crippen molar-refractivity contribution in [3.63, 3.8) is 0 Å². The van der Waals surface area contributed by atoms with E-state index in [1.54, 1.807) is 12.1 Å². The number of benzene rings is 1. The van der Waals surface area contributed by atoms with Gasteiger partial charge in [0, 0.05) is 6.04 Å². The van der Waals surface area contributed by atoms with Gasteiger partial charge in [0.1, 0.15) is 5.75 Å². The summed E-state index contributed by atoms with van der Waals surface area (Å²) in [6.45, 7) is 6.52. The van der Waals surface area contributed by atoms with E-state index in [-0.39, 0.29) is 22.5 Å². The first-order valence-corrected chi connectivity index (χ1v) is 12.3. The van der Waals surface area contributed by atoms with Crippen LogP contribution in [0.1, 0.15) is 33.6 Å². The monoisotopic (exact) mass is 403 g/mol. The van der Waals surface area contributed by atoms with Crippen LogP contribution >= 0.6 is 0 Å². The van der Waals surface area contributed by atoms with E-state index in [1.807, 2.05) is 32.7 Å². The number of hydrogen-bond donors (Lipinski definition) is 0. The summed E-state index contributed by atoms with van der Waals surface area (Å²) in [4.78, 5) is 2.02. The molecule has 6 nitrogen and oxygen atoms in total. The van der Waals surface area contributed by atoms with Gasteiger partial charge in [-0.3, -0.25) is 0 Å². The van der Waals surface area contributed by atoms with Crippen LogP contribution in [-0.4, -0.2) is 64.2 Å². The van der Waals surface area contributed by atoms with Crippen LogP contribution in [0, 0.1) is 0 Å². The fraction of sp³-hybridized carbons (Fsp3) is 0.667. The summed E-state index contributed by atoms with van der Waals surface area (Å²) >= 11 is 0. The molecule has 0 bridgehead atoms. The molecule has 148 valence electrons. The highest BCUT2D eigenvalue weighted by molar-refractivity contribution is 7.96. The van der Waals surface area contributed by atoms with Crippen LogP contribution in [0.25, 0.3) is 0 Å². The molecule has 0 amide bonds. The molecule has 1 fully saturated rings. The van der Waals surface area contributed by atoms with Gasteiger partial charge in [-0.2, -0.15) is 0 Å². The van der Waals surface area contributed by atoms with Crippen LogP contribution in [0.4, 0.5) is 0 Å². The molecule has 1 heterocycles. The molecule has 0 unspecified atom stereocenters. The van der Waals surface area contributed by atoms with Crippen LogP contribution in [0.5, 0.6) is 5.75 Å². The van der Waals surface area contributed by atoms with E-state index in [2.05, 4.69) is 0 Å². The minimum atomic E-state index is -3.75. The van der Waals surface area contributed by atoms with Crippen LogP contribution in [0.2, 0.25) is 0 Å². The largest absolute Gasteiger partial charge is 0.491 e. The van der Waals surface area contributed by atoms with E-state index in [9.17, 15) is 16.8 Å². The van der Waals surface area contributed by atoms with E-state index in [0.717, 1.165) is 12.8 Å². The Balaban J connectivity index is 2.29. The van der Waals surface area contributed by atoms with Crippen LogP contribution < -0.4 is 4.74 Å². The van der Waals surface area contributed by atoms with Crippen molar-refractivity contribution in [3.8, 4) is 5.75 Å². The molecule has 0 spiro atoms. The smallest absolute Gasteiger partial charge is 0.183 e. The summed E-state index contributed by atoms with van der Waals surface area (Å²) in [5.41, 5.74) is 0. The molecule has 1 aliphatic rings. The van der Waals surface area contributed by atoms with Gasteiger partial charge in [-0.05, 0) is 58.1 Å². The zero-order valence-electron chi connectivity index (χ0n) is 15.9. The van der Waals surface area contributed by atoms with Gasteiger partial charge in [-0.15, -0.1) is 0 Å². The third-order valence-electron chi connectivity index (χ3n) is 4.63. The molecular formula is C18H29NO5S2. The number of unbranched alkanes of at least 4 members (excludes halogenated alkanes) is 1. The molecule has 2 atom stereocenters. The first-order valence-electron chi connectivity index (χ1n) is 8.98. The highest BCUT2D eigenvalue weighted by atomic mass is 32.2. The molecule has 0 aromatic heterocycles. The number of sulfone groups is 2. The van der Waals surface area contributed by atoms with E-state index in [1.165, 1.54) is 12.1 Å². The highest BCUT2D eigenvalue weighted by Crippen LogP contribution is 2.29. The molecule has 0 saturated carbocycles. The molecule has 26 heavy (non-hydrogen) atoms. The maximum absolute atomic E-state index is 13.1. The van der Waals surface area contributed by atoms with Gasteiger partial charge in [0.2, 0.25) is 0 Å². The Morgan fingerprint density at radius 2 is 1.81 bits per heavy atom. The number of hydrogen-bond acceptors (Lipinski definition) is 6. The lowest BCUT2D eigenvalue weighted by Gasteiger charge is -2.28. The summed E-state index contributed by atoms with van der Waals surface area (Å²) < 4.78 is 56.1. The molecule has 8 heteroatoms. The molecule has 0 N–H and O–H groups in total. The number of ether oxygens (including phenoxy) is 1. The van der Waals surface area contributed by atoms with E-state index < -0.39 is 31.0 Å². The van der Waals surface area contributed by atoms with E-state index in [4.69, 9.17) is 4.74 Å². The van der Waals surface area contributed by atoms with Gasteiger partial charge in [0.15, 0.2) is 19.7 Å². The van der Waals surface area contributed by atoms with Gasteiger partial charge in [-0.1, -0.05) is 13.3 Å². The quantitative estimate of drug-likeness (QED) is 0.662. The molecule has 0 aliphatic carbocycles. The Labute approximate surface area is 157 Å². The van der Waals surface area contributed by atoms with Gasteiger partial charge in [-0.25, -0.2) is 16.8 Å². The number of rotatable bonds is 8. The first-order chi connectivity index (χ1) is 12.1. The first kappa shape index (κ1) is 21.2. The van der Waals surface area contributed by atoms with Crippen LogP contribution in [0.15, 0.2) is 29.2 Å². The lowest BCUT2D eigenvalue weighted by atomic mass is 10.2. The topological polar surface area (TPSA) is 80.8 Å².